The van der Waals surface area contributed by atoms with Gasteiger partial charge in [0.2, 0.25) is 17.7 Å². The van der Waals surface area contributed by atoms with Gasteiger partial charge in [-0.15, -0.1) is 0 Å². The number of rotatable bonds is 3. The van der Waals surface area contributed by atoms with Crippen molar-refractivity contribution in [3.63, 3.8) is 0 Å². The highest BCUT2D eigenvalue weighted by atomic mass is 16.5. The lowest BCUT2D eigenvalue weighted by molar-refractivity contribution is -0.128. The highest BCUT2D eigenvalue weighted by Gasteiger charge is 2.52. The minimum absolute atomic E-state index is 0.0254. The highest BCUT2D eigenvalue weighted by molar-refractivity contribution is 6.12. The maximum atomic E-state index is 13.6. The first-order chi connectivity index (χ1) is 18.0. The molecule has 0 saturated carbocycles. The topological polar surface area (TPSA) is 101 Å². The summed E-state index contributed by atoms with van der Waals surface area (Å²) < 4.78 is 5.53. The maximum absolute atomic E-state index is 13.6. The third kappa shape index (κ3) is 3.18. The van der Waals surface area contributed by atoms with Crippen LogP contribution in [0.5, 0.6) is 0 Å². The fourth-order valence-corrected chi connectivity index (χ4v) is 6.65. The SMILES string of the molecule is O=C(CN1C(=O)C2(CCOCC2)c2ccccc21)Nc1ccc2c(c1)C[C@@]1(C2)C(=O)Nc2ncccc21. The number of nitrogens with one attached hydrogen (secondary N) is 2. The number of amides is 3. The van der Waals surface area contributed by atoms with E-state index in [1.807, 2.05) is 54.6 Å². The molecule has 0 radical (unpaired) electrons. The van der Waals surface area contributed by atoms with E-state index in [9.17, 15) is 14.4 Å². The summed E-state index contributed by atoms with van der Waals surface area (Å²) in [7, 11) is 0. The van der Waals surface area contributed by atoms with Crippen LogP contribution in [-0.2, 0) is 42.8 Å². The van der Waals surface area contributed by atoms with E-state index in [-0.39, 0.29) is 24.3 Å². The molecule has 4 heterocycles. The molecule has 7 rings (SSSR count). The first kappa shape index (κ1) is 22.2. The van der Waals surface area contributed by atoms with E-state index in [0.717, 1.165) is 27.9 Å². The van der Waals surface area contributed by atoms with Gasteiger partial charge >= 0.3 is 0 Å². The smallest absolute Gasteiger partial charge is 0.244 e. The van der Waals surface area contributed by atoms with Gasteiger partial charge in [0.1, 0.15) is 12.4 Å². The van der Waals surface area contributed by atoms with Gasteiger partial charge in [-0.2, -0.15) is 0 Å². The Bertz CT molecular complexity index is 1480. The molecule has 3 amide bonds. The van der Waals surface area contributed by atoms with Crippen LogP contribution in [0.3, 0.4) is 0 Å². The van der Waals surface area contributed by atoms with Crippen LogP contribution in [0.2, 0.25) is 0 Å². The lowest BCUT2D eigenvalue weighted by Crippen LogP contribution is -2.46. The molecule has 8 heteroatoms. The highest BCUT2D eigenvalue weighted by Crippen LogP contribution is 2.48. The molecule has 1 aromatic heterocycles. The van der Waals surface area contributed by atoms with E-state index >= 15 is 0 Å². The van der Waals surface area contributed by atoms with Crippen molar-refractivity contribution in [1.82, 2.24) is 4.98 Å². The van der Waals surface area contributed by atoms with Crippen LogP contribution in [0.25, 0.3) is 0 Å². The lowest BCUT2D eigenvalue weighted by atomic mass is 9.75. The van der Waals surface area contributed by atoms with Gasteiger partial charge in [0.05, 0.1) is 10.8 Å². The van der Waals surface area contributed by atoms with Gasteiger partial charge < -0.3 is 20.3 Å². The number of hydrogen-bond acceptors (Lipinski definition) is 5. The predicted molar refractivity (Wildman–Crippen MR) is 138 cm³/mol. The Kier molecular flexibility index (Phi) is 4.78. The number of benzene rings is 2. The van der Waals surface area contributed by atoms with Crippen LogP contribution in [0.4, 0.5) is 17.2 Å². The van der Waals surface area contributed by atoms with E-state index in [0.29, 0.717) is 50.4 Å². The summed E-state index contributed by atoms with van der Waals surface area (Å²) in [6.45, 7) is 1.02. The average molecular weight is 495 g/mol. The summed E-state index contributed by atoms with van der Waals surface area (Å²) in [6, 6.07) is 17.4. The van der Waals surface area contributed by atoms with Gasteiger partial charge in [0.15, 0.2) is 0 Å². The second-order valence-corrected chi connectivity index (χ2v) is 10.4. The second kappa shape index (κ2) is 7.98. The first-order valence-electron chi connectivity index (χ1n) is 12.7. The van der Waals surface area contributed by atoms with Crippen molar-refractivity contribution in [2.45, 2.75) is 36.5 Å². The largest absolute Gasteiger partial charge is 0.381 e. The number of carbonyl (C=O) groups excluding carboxylic acids is 3. The van der Waals surface area contributed by atoms with Crippen molar-refractivity contribution >= 4 is 34.9 Å². The van der Waals surface area contributed by atoms with Gasteiger partial charge in [-0.3, -0.25) is 14.4 Å². The van der Waals surface area contributed by atoms with Crippen molar-refractivity contribution in [2.24, 2.45) is 0 Å². The third-order valence-corrected chi connectivity index (χ3v) is 8.48. The van der Waals surface area contributed by atoms with Crippen molar-refractivity contribution in [1.29, 1.82) is 0 Å². The zero-order valence-corrected chi connectivity index (χ0v) is 20.3. The molecule has 2 aromatic carbocycles. The van der Waals surface area contributed by atoms with Crippen molar-refractivity contribution in [2.75, 3.05) is 35.3 Å². The molecule has 3 aliphatic heterocycles. The number of ether oxygens (including phenoxy) is 1. The predicted octanol–water partition coefficient (Wildman–Crippen LogP) is 3.10. The van der Waals surface area contributed by atoms with Crippen LogP contribution in [0.1, 0.15) is 35.1 Å². The van der Waals surface area contributed by atoms with Gasteiger partial charge in [-0.25, -0.2) is 4.98 Å². The first-order valence-corrected chi connectivity index (χ1v) is 12.7. The molecule has 1 aliphatic carbocycles. The monoisotopic (exact) mass is 494 g/mol. The van der Waals surface area contributed by atoms with Crippen LogP contribution in [0, 0.1) is 0 Å². The van der Waals surface area contributed by atoms with Crippen LogP contribution in [0.15, 0.2) is 60.8 Å². The summed E-state index contributed by atoms with van der Waals surface area (Å²) >= 11 is 0. The summed E-state index contributed by atoms with van der Waals surface area (Å²) in [5.41, 5.74) is 4.25. The Morgan fingerprint density at radius 1 is 0.973 bits per heavy atom. The number of hydrogen-bond donors (Lipinski definition) is 2. The fraction of sp³-hybridized carbons (Fsp3) is 0.310. The van der Waals surface area contributed by atoms with E-state index in [1.54, 1.807) is 11.1 Å². The molecule has 8 nitrogen and oxygen atoms in total. The number of carbonyl (C=O) groups is 3. The molecular weight excluding hydrogens is 468 g/mol. The normalized spacial score (nSPS) is 22.6. The number of nitrogens with zero attached hydrogens (tertiary/aromatic N) is 2. The van der Waals surface area contributed by atoms with Crippen molar-refractivity contribution in [3.8, 4) is 0 Å². The average Bonchev–Trinajstić information content (AvgIpc) is 3.50. The fourth-order valence-electron chi connectivity index (χ4n) is 6.65. The minimum Gasteiger partial charge on any atom is -0.381 e. The summed E-state index contributed by atoms with van der Waals surface area (Å²) in [6.07, 6.45) is 4.09. The molecule has 2 N–H and O–H groups in total. The molecule has 4 aliphatic rings. The quantitative estimate of drug-likeness (QED) is 0.583. The molecule has 1 saturated heterocycles. The summed E-state index contributed by atoms with van der Waals surface area (Å²) in [5, 5.41) is 5.90. The van der Waals surface area contributed by atoms with Gasteiger partial charge in [-0.1, -0.05) is 30.3 Å². The van der Waals surface area contributed by atoms with Crippen LogP contribution < -0.4 is 15.5 Å². The molecule has 3 aromatic rings. The van der Waals surface area contributed by atoms with Crippen LogP contribution >= 0.6 is 0 Å². The number of pyridine rings is 1. The Hall–Kier alpha value is -4.04. The Labute approximate surface area is 214 Å². The molecule has 1 atom stereocenters. The molecule has 0 bridgehead atoms. The molecule has 37 heavy (non-hydrogen) atoms. The summed E-state index contributed by atoms with van der Waals surface area (Å²) in [5.74, 6) is 0.318. The number of aromatic nitrogens is 1. The van der Waals surface area contributed by atoms with E-state index in [2.05, 4.69) is 15.6 Å². The molecule has 0 unspecified atom stereocenters. The molecule has 186 valence electrons. The maximum Gasteiger partial charge on any atom is 0.244 e. The number of anilines is 3. The number of para-hydroxylation sites is 1. The third-order valence-electron chi connectivity index (χ3n) is 8.48. The molecule has 1 fully saturated rings. The molecule has 2 spiro atoms. The van der Waals surface area contributed by atoms with Gasteiger partial charge in [0, 0.05) is 36.3 Å². The Morgan fingerprint density at radius 3 is 2.62 bits per heavy atom. The Balaban J connectivity index is 1.11. The van der Waals surface area contributed by atoms with Gasteiger partial charge in [-0.05, 0) is 66.6 Å². The van der Waals surface area contributed by atoms with Crippen molar-refractivity contribution in [3.05, 3.63) is 83.0 Å². The van der Waals surface area contributed by atoms with E-state index in [1.165, 1.54) is 0 Å². The second-order valence-electron chi connectivity index (χ2n) is 10.4. The van der Waals surface area contributed by atoms with Crippen LogP contribution in [-0.4, -0.2) is 42.5 Å². The van der Waals surface area contributed by atoms with E-state index < -0.39 is 10.8 Å². The standard InChI is InChI=1S/C29H26N4O4/c34-24(17-33-23-6-2-1-4-21(23)28(27(33)36)9-12-37-13-10-28)31-20-8-7-18-15-29(16-19(18)14-20)22-5-3-11-30-25(22)32-26(29)35/h1-8,11,14H,9-10,12-13,15-17H2,(H,31,34)(H,30,32,35)/t29-/m1/s1. The lowest BCUT2D eigenvalue weighted by Gasteiger charge is -2.32. The van der Waals surface area contributed by atoms with E-state index in [4.69, 9.17) is 4.74 Å². The Morgan fingerprint density at radius 2 is 1.76 bits per heavy atom. The molecular formula is C29H26N4O4. The van der Waals surface area contributed by atoms with Crippen molar-refractivity contribution < 1.29 is 19.1 Å². The zero-order chi connectivity index (χ0) is 25.2. The van der Waals surface area contributed by atoms with Gasteiger partial charge in [0.25, 0.3) is 0 Å². The number of fused-ring (bicyclic) bond motifs is 5. The minimum atomic E-state index is -0.654. The zero-order valence-electron chi connectivity index (χ0n) is 20.3. The summed E-state index contributed by atoms with van der Waals surface area (Å²) in [4.78, 5) is 45.7.